The van der Waals surface area contributed by atoms with Crippen molar-refractivity contribution >= 4 is 47.5 Å². The Hall–Kier alpha value is -2.63. The highest BCUT2D eigenvalue weighted by Crippen LogP contribution is 2.40. The molecule has 204 valence electrons. The Morgan fingerprint density at radius 1 is 1.05 bits per heavy atom. The normalized spacial score (nSPS) is 12.5. The van der Waals surface area contributed by atoms with E-state index in [0.29, 0.717) is 12.5 Å². The minimum atomic E-state index is -4.75. The molecule has 0 saturated carbocycles. The average molecular weight is 589 g/mol. The molecule has 0 saturated heterocycles. The van der Waals surface area contributed by atoms with Crippen molar-refractivity contribution in [3.63, 3.8) is 0 Å². The van der Waals surface area contributed by atoms with Crippen molar-refractivity contribution in [2.75, 3.05) is 21.3 Å². The van der Waals surface area contributed by atoms with Crippen LogP contribution >= 0.6 is 35.0 Å². The lowest BCUT2D eigenvalue weighted by Gasteiger charge is -2.11. The lowest BCUT2D eigenvalue weighted by Crippen LogP contribution is -2.20. The van der Waals surface area contributed by atoms with Crippen molar-refractivity contribution < 1.29 is 27.5 Å². The van der Waals surface area contributed by atoms with Crippen molar-refractivity contribution in [1.29, 1.82) is 0 Å². The predicted molar refractivity (Wildman–Crippen MR) is 142 cm³/mol. The molecular weight excluding hydrogens is 564 g/mol. The number of nitrogens with one attached hydrogen (secondary N) is 1. The van der Waals surface area contributed by atoms with Gasteiger partial charge in [-0.15, -0.1) is 0 Å². The number of aldehydes is 2. The van der Waals surface area contributed by atoms with E-state index in [4.69, 9.17) is 23.2 Å². The van der Waals surface area contributed by atoms with Gasteiger partial charge in [0.05, 0.1) is 15.6 Å². The number of fused-ring (bicyclic) bond motifs is 1. The molecule has 1 N–H and O–H groups in total. The Morgan fingerprint density at radius 2 is 1.66 bits per heavy atom. The first-order valence-electron chi connectivity index (χ1n) is 11.0. The van der Waals surface area contributed by atoms with Gasteiger partial charge in [0.25, 0.3) is 5.56 Å². The van der Waals surface area contributed by atoms with Gasteiger partial charge in [0.1, 0.15) is 12.0 Å². The second-order valence-corrected chi connectivity index (χ2v) is 9.98. The molecule has 2 heterocycles. The molecule has 3 aromatic rings. The quantitative estimate of drug-likeness (QED) is 0.352. The zero-order valence-electron chi connectivity index (χ0n) is 20.7. The van der Waals surface area contributed by atoms with Crippen LogP contribution in [0, 0.1) is 0 Å². The lowest BCUT2D eigenvalue weighted by molar-refractivity contribution is -0.141. The molecule has 2 aromatic carbocycles. The summed E-state index contributed by atoms with van der Waals surface area (Å²) in [7, 11) is 5.36. The summed E-state index contributed by atoms with van der Waals surface area (Å²) >= 11 is 12.6. The number of aromatic amines is 1. The zero-order chi connectivity index (χ0) is 28.5. The van der Waals surface area contributed by atoms with E-state index in [1.54, 1.807) is 25.3 Å². The molecule has 38 heavy (non-hydrogen) atoms. The van der Waals surface area contributed by atoms with E-state index >= 15 is 0 Å². The minimum Gasteiger partial charge on any atom is -0.388 e. The Bertz CT molecular complexity index is 1310. The molecule has 0 spiro atoms. The Morgan fingerprint density at radius 3 is 2.21 bits per heavy atom. The molecule has 12 heteroatoms. The largest absolute Gasteiger partial charge is 0.431 e. The average Bonchev–Trinajstić information content (AvgIpc) is 3.21. The van der Waals surface area contributed by atoms with E-state index in [9.17, 15) is 27.6 Å². The Labute approximate surface area is 232 Å². The van der Waals surface area contributed by atoms with Gasteiger partial charge in [0.15, 0.2) is 6.29 Å². The van der Waals surface area contributed by atoms with Gasteiger partial charge in [-0.2, -0.15) is 13.2 Å². The van der Waals surface area contributed by atoms with E-state index in [1.807, 2.05) is 6.07 Å². The zero-order valence-corrected chi connectivity index (χ0v) is 23.0. The molecule has 0 aliphatic carbocycles. The SMILES string of the molecule is CN1Cc2ccc(CC=O)cc2C1.COC.O=Cc1c(Sc2c(Cl)cccc2Cl)cc(C(F)(F)F)[nH]c1=O. The van der Waals surface area contributed by atoms with E-state index in [2.05, 4.69) is 28.8 Å². The first-order valence-corrected chi connectivity index (χ1v) is 12.6. The standard InChI is InChI=1S/C13H6Cl2F3NO2S.C11H13NO.C2H6O/c14-7-2-1-3-8(15)11(7)22-9-4-10(13(16,17)18)19-12(21)6(9)5-20;1-12-7-10-3-2-9(4-5-13)6-11(10)8-12;1-3-2/h1-5H,(H,19,21);2-3,5-6H,4,7-8H2,1H3;1-2H3. The molecule has 0 bridgehead atoms. The second-order valence-electron chi connectivity index (χ2n) is 8.11. The van der Waals surface area contributed by atoms with Crippen molar-refractivity contribution in [2.45, 2.75) is 35.5 Å². The highest BCUT2D eigenvalue weighted by atomic mass is 35.5. The second kappa shape index (κ2) is 14.5. The number of halogens is 5. The van der Waals surface area contributed by atoms with Gasteiger partial charge >= 0.3 is 6.18 Å². The molecule has 1 aromatic heterocycles. The first kappa shape index (κ1) is 31.6. The number of H-pyrrole nitrogens is 1. The van der Waals surface area contributed by atoms with Gasteiger partial charge in [-0.1, -0.05) is 59.2 Å². The number of pyridine rings is 1. The van der Waals surface area contributed by atoms with Crippen LogP contribution in [0.2, 0.25) is 10.0 Å². The molecule has 6 nitrogen and oxygen atoms in total. The number of hydrogen-bond acceptors (Lipinski definition) is 6. The molecule has 0 amide bonds. The number of nitrogens with zero attached hydrogens (tertiary/aromatic N) is 1. The highest BCUT2D eigenvalue weighted by molar-refractivity contribution is 7.99. The highest BCUT2D eigenvalue weighted by Gasteiger charge is 2.33. The van der Waals surface area contributed by atoms with E-state index in [1.165, 1.54) is 23.3 Å². The summed E-state index contributed by atoms with van der Waals surface area (Å²) < 4.78 is 42.5. The first-order chi connectivity index (χ1) is 17.9. The van der Waals surface area contributed by atoms with Crippen molar-refractivity contribution in [1.82, 2.24) is 9.88 Å². The van der Waals surface area contributed by atoms with Crippen LogP contribution < -0.4 is 5.56 Å². The maximum Gasteiger partial charge on any atom is 0.431 e. The monoisotopic (exact) mass is 588 g/mol. The molecule has 4 rings (SSSR count). The predicted octanol–water partition coefficient (Wildman–Crippen LogP) is 6.30. The van der Waals surface area contributed by atoms with Gasteiger partial charge in [0.2, 0.25) is 0 Å². The number of alkyl halides is 3. The summed E-state index contributed by atoms with van der Waals surface area (Å²) in [6.45, 7) is 2.05. The number of carbonyl (C=O) groups is 2. The lowest BCUT2D eigenvalue weighted by atomic mass is 10.1. The van der Waals surface area contributed by atoms with E-state index < -0.39 is 23.0 Å². The minimum absolute atomic E-state index is 0.180. The van der Waals surface area contributed by atoms with Gasteiger partial charge in [0, 0.05) is 43.5 Å². The van der Waals surface area contributed by atoms with Crippen LogP contribution in [-0.4, -0.2) is 43.7 Å². The maximum absolute atomic E-state index is 12.8. The topological polar surface area (TPSA) is 79.5 Å². The molecule has 0 radical (unpaired) electrons. The van der Waals surface area contributed by atoms with Gasteiger partial charge in [-0.25, -0.2) is 0 Å². The molecule has 1 aliphatic rings. The molecule has 0 unspecified atom stereocenters. The van der Waals surface area contributed by atoms with Crippen LogP contribution in [0.1, 0.15) is 32.7 Å². The summed E-state index contributed by atoms with van der Waals surface area (Å²) in [4.78, 5) is 36.9. The number of rotatable bonds is 5. The fraction of sp³-hybridized carbons (Fsp3) is 0.269. The fourth-order valence-corrected chi connectivity index (χ4v) is 5.03. The van der Waals surface area contributed by atoms with Crippen molar-refractivity contribution in [3.05, 3.63) is 90.8 Å². The molecule has 0 atom stereocenters. The third kappa shape index (κ3) is 8.71. The van der Waals surface area contributed by atoms with Gasteiger partial charge in [-0.05, 0) is 41.9 Å². The van der Waals surface area contributed by atoms with Crippen LogP contribution in [0.25, 0.3) is 0 Å². The number of aromatic nitrogens is 1. The van der Waals surface area contributed by atoms with Crippen molar-refractivity contribution in [3.8, 4) is 0 Å². The number of carbonyl (C=O) groups excluding carboxylic acids is 2. The summed E-state index contributed by atoms with van der Waals surface area (Å²) in [5, 5.41) is 0.395. The van der Waals surface area contributed by atoms with Gasteiger partial charge in [-0.3, -0.25) is 14.5 Å². The van der Waals surface area contributed by atoms with Crippen LogP contribution in [0.3, 0.4) is 0 Å². The fourth-order valence-electron chi connectivity index (χ4n) is 3.43. The maximum atomic E-state index is 12.8. The van der Waals surface area contributed by atoms with Gasteiger partial charge < -0.3 is 14.5 Å². The van der Waals surface area contributed by atoms with E-state index in [0.717, 1.165) is 36.7 Å². The molecule has 0 fully saturated rings. The third-order valence-electron chi connectivity index (χ3n) is 5.06. The van der Waals surface area contributed by atoms with Crippen LogP contribution in [0.5, 0.6) is 0 Å². The summed E-state index contributed by atoms with van der Waals surface area (Å²) in [5.41, 5.74) is 1.10. The van der Waals surface area contributed by atoms with Crippen LogP contribution in [0.15, 0.2) is 57.1 Å². The number of benzene rings is 2. The summed E-state index contributed by atoms with van der Waals surface area (Å²) in [6.07, 6.45) is -3.07. The van der Waals surface area contributed by atoms with Crippen molar-refractivity contribution in [2.24, 2.45) is 0 Å². The molecule has 1 aliphatic heterocycles. The third-order valence-corrected chi connectivity index (χ3v) is 7.11. The molecular formula is C26H25Cl2F3N2O4S. The van der Waals surface area contributed by atoms with Crippen LogP contribution in [0.4, 0.5) is 13.2 Å². The number of hydrogen-bond donors (Lipinski definition) is 1. The number of methoxy groups -OCH3 is 1. The summed E-state index contributed by atoms with van der Waals surface area (Å²) in [5.74, 6) is 0. The Balaban J connectivity index is 0.000000267. The Kier molecular flexibility index (Phi) is 12.1. The smallest absolute Gasteiger partial charge is 0.388 e. The van der Waals surface area contributed by atoms with Crippen LogP contribution in [-0.2, 0) is 35.2 Å². The summed E-state index contributed by atoms with van der Waals surface area (Å²) in [6, 6.07) is 11.6. The number of ether oxygens (including phenoxy) is 1. The van der Waals surface area contributed by atoms with E-state index in [-0.39, 0.29) is 26.1 Å².